The van der Waals surface area contributed by atoms with Gasteiger partial charge in [0.2, 0.25) is 0 Å². The number of thiocarbonyl (C=S) groups is 1. The predicted octanol–water partition coefficient (Wildman–Crippen LogP) is 5.67. The smallest absolute Gasteiger partial charge is 0.170 e. The first-order chi connectivity index (χ1) is 17.5. The van der Waals surface area contributed by atoms with Gasteiger partial charge in [0, 0.05) is 42.6 Å². The Hall–Kier alpha value is -3.71. The van der Waals surface area contributed by atoms with Crippen molar-refractivity contribution in [2.75, 3.05) is 18.4 Å². The molecule has 4 aromatic rings. The standard InChI is InChI=1S/C29H32N6S/c1-20-13-14-26(32-19-20)35-21(2)18-24(22(35)3)28-27(25-12-7-8-15-31-25)33-29(36)34(28)17-9-16-30-23-10-5-4-6-11-23/h4-8,10-15,18-19,27-28,30H,9,16-17H2,1-3H3,(H,33,36)/t27-,28-/m1/s1. The summed E-state index contributed by atoms with van der Waals surface area (Å²) in [5, 5.41) is 7.87. The number of pyridine rings is 2. The Morgan fingerprint density at radius 1 is 0.972 bits per heavy atom. The monoisotopic (exact) mass is 496 g/mol. The fourth-order valence-electron chi connectivity index (χ4n) is 5.05. The van der Waals surface area contributed by atoms with E-state index in [9.17, 15) is 0 Å². The summed E-state index contributed by atoms with van der Waals surface area (Å²) in [5.41, 5.74) is 6.85. The van der Waals surface area contributed by atoms with Gasteiger partial charge in [0.25, 0.3) is 0 Å². The van der Waals surface area contributed by atoms with Crippen molar-refractivity contribution in [1.29, 1.82) is 0 Å². The quantitative estimate of drug-likeness (QED) is 0.242. The maximum Gasteiger partial charge on any atom is 0.170 e. The minimum atomic E-state index is -0.0271. The van der Waals surface area contributed by atoms with Crippen LogP contribution < -0.4 is 10.6 Å². The van der Waals surface area contributed by atoms with Crippen LogP contribution in [0.2, 0.25) is 0 Å². The molecule has 2 atom stereocenters. The van der Waals surface area contributed by atoms with Crippen molar-refractivity contribution in [2.45, 2.75) is 39.3 Å². The fourth-order valence-corrected chi connectivity index (χ4v) is 5.39. The molecule has 7 heteroatoms. The first-order valence-corrected chi connectivity index (χ1v) is 12.8. The lowest BCUT2D eigenvalue weighted by molar-refractivity contribution is 0.315. The maximum absolute atomic E-state index is 5.88. The minimum absolute atomic E-state index is 0.0271. The largest absolute Gasteiger partial charge is 0.385 e. The molecule has 0 saturated carbocycles. The summed E-state index contributed by atoms with van der Waals surface area (Å²) in [5.74, 6) is 0.934. The van der Waals surface area contributed by atoms with E-state index >= 15 is 0 Å². The van der Waals surface area contributed by atoms with Crippen LogP contribution in [0.1, 0.15) is 46.7 Å². The average Bonchev–Trinajstić information content (AvgIpc) is 3.38. The lowest BCUT2D eigenvalue weighted by Crippen LogP contribution is -2.31. The number of nitrogens with one attached hydrogen (secondary N) is 2. The van der Waals surface area contributed by atoms with E-state index in [2.05, 4.69) is 82.3 Å². The van der Waals surface area contributed by atoms with Crippen molar-refractivity contribution in [1.82, 2.24) is 24.8 Å². The highest BCUT2D eigenvalue weighted by atomic mass is 32.1. The molecule has 36 heavy (non-hydrogen) atoms. The summed E-state index contributed by atoms with van der Waals surface area (Å²) < 4.78 is 2.24. The Labute approximate surface area is 218 Å². The Bertz CT molecular complexity index is 1320. The molecular weight excluding hydrogens is 464 g/mol. The Morgan fingerprint density at radius 2 is 1.78 bits per heavy atom. The summed E-state index contributed by atoms with van der Waals surface area (Å²) in [6, 6.07) is 22.9. The number of para-hydroxylation sites is 1. The zero-order chi connectivity index (χ0) is 25.1. The van der Waals surface area contributed by atoms with Crippen LogP contribution >= 0.6 is 12.2 Å². The molecule has 184 valence electrons. The van der Waals surface area contributed by atoms with E-state index in [0.29, 0.717) is 0 Å². The number of aryl methyl sites for hydroxylation is 2. The lowest BCUT2D eigenvalue weighted by atomic mass is 9.96. The number of nitrogens with zero attached hydrogens (tertiary/aromatic N) is 4. The summed E-state index contributed by atoms with van der Waals surface area (Å²) in [6.45, 7) is 8.09. The second kappa shape index (κ2) is 10.5. The van der Waals surface area contributed by atoms with Crippen LogP contribution in [0, 0.1) is 20.8 Å². The molecule has 1 saturated heterocycles. The number of aromatic nitrogens is 3. The SMILES string of the molecule is Cc1ccc(-n2c(C)cc([C@@H]3[C@@H](c4ccccn4)NC(=S)N3CCCNc3ccccc3)c2C)nc1. The third kappa shape index (κ3) is 4.84. The molecule has 0 radical (unpaired) electrons. The normalized spacial score (nSPS) is 17.3. The predicted molar refractivity (Wildman–Crippen MR) is 149 cm³/mol. The highest BCUT2D eigenvalue weighted by Crippen LogP contribution is 2.41. The molecule has 3 aromatic heterocycles. The van der Waals surface area contributed by atoms with Gasteiger partial charge in [0.05, 0.1) is 17.8 Å². The summed E-state index contributed by atoms with van der Waals surface area (Å²) in [6.07, 6.45) is 4.73. The van der Waals surface area contributed by atoms with Gasteiger partial charge in [-0.05, 0) is 86.9 Å². The topological polar surface area (TPSA) is 58.0 Å². The van der Waals surface area contributed by atoms with Gasteiger partial charge in [-0.3, -0.25) is 4.98 Å². The van der Waals surface area contributed by atoms with Gasteiger partial charge in [-0.2, -0.15) is 0 Å². The Balaban J connectivity index is 1.45. The molecule has 0 aliphatic carbocycles. The molecular formula is C29H32N6S. The number of rotatable bonds is 8. The van der Waals surface area contributed by atoms with Gasteiger partial charge in [0.15, 0.2) is 5.11 Å². The van der Waals surface area contributed by atoms with Crippen LogP contribution in [0.25, 0.3) is 5.82 Å². The molecule has 1 aromatic carbocycles. The van der Waals surface area contributed by atoms with E-state index < -0.39 is 0 Å². The van der Waals surface area contributed by atoms with Gasteiger partial charge in [-0.15, -0.1) is 0 Å². The van der Waals surface area contributed by atoms with E-state index in [0.717, 1.165) is 53.1 Å². The average molecular weight is 497 g/mol. The van der Waals surface area contributed by atoms with Gasteiger partial charge in [0.1, 0.15) is 5.82 Å². The third-order valence-electron chi connectivity index (χ3n) is 6.79. The maximum atomic E-state index is 5.88. The van der Waals surface area contributed by atoms with Crippen molar-refractivity contribution in [2.24, 2.45) is 0 Å². The van der Waals surface area contributed by atoms with E-state index in [-0.39, 0.29) is 12.1 Å². The first-order valence-electron chi connectivity index (χ1n) is 12.4. The second-order valence-electron chi connectivity index (χ2n) is 9.32. The fraction of sp³-hybridized carbons (Fsp3) is 0.276. The minimum Gasteiger partial charge on any atom is -0.385 e. The van der Waals surface area contributed by atoms with Gasteiger partial charge in [-0.1, -0.05) is 30.3 Å². The zero-order valence-electron chi connectivity index (χ0n) is 21.0. The number of anilines is 1. The summed E-state index contributed by atoms with van der Waals surface area (Å²) in [7, 11) is 0. The number of hydrogen-bond acceptors (Lipinski definition) is 4. The highest BCUT2D eigenvalue weighted by Gasteiger charge is 2.41. The molecule has 0 unspecified atom stereocenters. The van der Waals surface area contributed by atoms with Crippen LogP contribution in [-0.2, 0) is 0 Å². The van der Waals surface area contributed by atoms with E-state index in [4.69, 9.17) is 17.2 Å². The van der Waals surface area contributed by atoms with Crippen molar-refractivity contribution < 1.29 is 0 Å². The van der Waals surface area contributed by atoms with E-state index in [1.54, 1.807) is 0 Å². The molecule has 4 heterocycles. The van der Waals surface area contributed by atoms with Crippen molar-refractivity contribution in [3.05, 3.63) is 107 Å². The Kier molecular flexibility index (Phi) is 7.00. The molecule has 6 nitrogen and oxygen atoms in total. The molecule has 0 bridgehead atoms. The number of hydrogen-bond donors (Lipinski definition) is 2. The second-order valence-corrected chi connectivity index (χ2v) is 9.71. The molecule has 1 aliphatic heterocycles. The lowest BCUT2D eigenvalue weighted by Gasteiger charge is -2.28. The number of benzene rings is 1. The van der Waals surface area contributed by atoms with Crippen LogP contribution in [0.4, 0.5) is 5.69 Å². The van der Waals surface area contributed by atoms with Gasteiger partial charge < -0.3 is 20.1 Å². The summed E-state index contributed by atoms with van der Waals surface area (Å²) >= 11 is 5.88. The van der Waals surface area contributed by atoms with Gasteiger partial charge in [-0.25, -0.2) is 4.98 Å². The van der Waals surface area contributed by atoms with Gasteiger partial charge >= 0.3 is 0 Å². The molecule has 0 spiro atoms. The third-order valence-corrected chi connectivity index (χ3v) is 7.14. The van der Waals surface area contributed by atoms with Crippen LogP contribution in [0.3, 0.4) is 0 Å². The van der Waals surface area contributed by atoms with Crippen LogP contribution in [0.5, 0.6) is 0 Å². The zero-order valence-corrected chi connectivity index (χ0v) is 21.8. The molecule has 1 aliphatic rings. The molecule has 5 rings (SSSR count). The van der Waals surface area contributed by atoms with Crippen molar-refractivity contribution in [3.63, 3.8) is 0 Å². The summed E-state index contributed by atoms with van der Waals surface area (Å²) in [4.78, 5) is 11.7. The van der Waals surface area contributed by atoms with E-state index in [1.165, 1.54) is 11.3 Å². The molecule has 1 fully saturated rings. The molecule has 0 amide bonds. The molecule has 2 N–H and O–H groups in total. The highest BCUT2D eigenvalue weighted by molar-refractivity contribution is 7.80. The van der Waals surface area contributed by atoms with Crippen LogP contribution in [-0.4, -0.2) is 37.6 Å². The van der Waals surface area contributed by atoms with Crippen molar-refractivity contribution >= 4 is 23.0 Å². The first kappa shape index (κ1) is 24.0. The van der Waals surface area contributed by atoms with E-state index in [1.807, 2.05) is 42.7 Å². The Morgan fingerprint density at radius 3 is 2.50 bits per heavy atom. The van der Waals surface area contributed by atoms with Crippen molar-refractivity contribution in [3.8, 4) is 5.82 Å². The van der Waals surface area contributed by atoms with Crippen LogP contribution in [0.15, 0.2) is 79.1 Å².